The van der Waals surface area contributed by atoms with Gasteiger partial charge in [-0.15, -0.1) is 0 Å². The first-order valence-electron chi connectivity index (χ1n) is 4.98. The lowest BCUT2D eigenvalue weighted by Gasteiger charge is -2.06. The molecule has 10 heteroatoms. The van der Waals surface area contributed by atoms with Crippen molar-refractivity contribution in [1.82, 2.24) is 19.8 Å². The van der Waals surface area contributed by atoms with Crippen LogP contribution in [-0.4, -0.2) is 23.5 Å². The van der Waals surface area contributed by atoms with E-state index in [1.54, 1.807) is 6.92 Å². The van der Waals surface area contributed by atoms with Crippen LogP contribution in [0.4, 0.5) is 0 Å². The standard InChI is InChI=1S/C9H8BrClN4O3S/c1-5-14-8(18-15-5)4-13-19(16,17)7-2-6(10)3-12-9(7)11/h2-3,13H,4H2,1H3. The van der Waals surface area contributed by atoms with E-state index in [-0.39, 0.29) is 22.5 Å². The third-order valence-corrected chi connectivity index (χ3v) is 4.31. The second-order valence-electron chi connectivity index (χ2n) is 3.50. The first kappa shape index (κ1) is 14.4. The van der Waals surface area contributed by atoms with Crippen LogP contribution >= 0.6 is 27.5 Å². The van der Waals surface area contributed by atoms with Gasteiger partial charge in [-0.05, 0) is 28.9 Å². The summed E-state index contributed by atoms with van der Waals surface area (Å²) < 4.78 is 31.7. The van der Waals surface area contributed by atoms with Gasteiger partial charge < -0.3 is 4.52 Å². The molecule has 2 rings (SSSR count). The zero-order valence-electron chi connectivity index (χ0n) is 9.59. The normalized spacial score (nSPS) is 11.7. The fourth-order valence-electron chi connectivity index (χ4n) is 1.24. The van der Waals surface area contributed by atoms with E-state index in [1.807, 2.05) is 0 Å². The first-order chi connectivity index (χ1) is 8.88. The van der Waals surface area contributed by atoms with Crippen molar-refractivity contribution in [2.24, 2.45) is 0 Å². The number of aryl methyl sites for hydroxylation is 1. The molecule has 0 spiro atoms. The molecule has 0 aliphatic carbocycles. The van der Waals surface area contributed by atoms with Gasteiger partial charge in [0.15, 0.2) is 5.82 Å². The largest absolute Gasteiger partial charge is 0.338 e. The quantitative estimate of drug-likeness (QED) is 0.825. The fourth-order valence-corrected chi connectivity index (χ4v) is 3.16. The molecule has 0 atom stereocenters. The second kappa shape index (κ2) is 5.53. The summed E-state index contributed by atoms with van der Waals surface area (Å²) in [6, 6.07) is 1.36. The number of sulfonamides is 1. The lowest BCUT2D eigenvalue weighted by atomic mass is 10.5. The molecule has 2 aromatic heterocycles. The minimum absolute atomic E-state index is 0.114. The lowest BCUT2D eigenvalue weighted by molar-refractivity contribution is 0.372. The first-order valence-corrected chi connectivity index (χ1v) is 7.64. The van der Waals surface area contributed by atoms with E-state index in [2.05, 4.69) is 35.8 Å². The highest BCUT2D eigenvalue weighted by Gasteiger charge is 2.20. The predicted octanol–water partition coefficient (Wildman–Crippen LogP) is 1.67. The van der Waals surface area contributed by atoms with Gasteiger partial charge in [0, 0.05) is 10.7 Å². The van der Waals surface area contributed by atoms with Crippen LogP contribution in [0.25, 0.3) is 0 Å². The molecular formula is C9H8BrClN4O3S. The summed E-state index contributed by atoms with van der Waals surface area (Å²) in [4.78, 5) is 7.51. The van der Waals surface area contributed by atoms with E-state index >= 15 is 0 Å². The van der Waals surface area contributed by atoms with E-state index in [0.717, 1.165) is 0 Å². The molecule has 0 saturated heterocycles. The molecule has 0 aliphatic heterocycles. The number of nitrogens with zero attached hydrogens (tertiary/aromatic N) is 3. The van der Waals surface area contributed by atoms with Crippen LogP contribution in [0.3, 0.4) is 0 Å². The number of rotatable bonds is 4. The third kappa shape index (κ3) is 3.50. The highest BCUT2D eigenvalue weighted by atomic mass is 79.9. The molecule has 0 fully saturated rings. The summed E-state index contributed by atoms with van der Waals surface area (Å²) in [6.45, 7) is 1.52. The molecule has 0 radical (unpaired) electrons. The van der Waals surface area contributed by atoms with Gasteiger partial charge in [-0.3, -0.25) is 0 Å². The smallest absolute Gasteiger partial charge is 0.244 e. The summed E-state index contributed by atoms with van der Waals surface area (Å²) in [6.07, 6.45) is 1.41. The van der Waals surface area contributed by atoms with Gasteiger partial charge in [0.05, 0.1) is 6.54 Å². The van der Waals surface area contributed by atoms with Gasteiger partial charge in [-0.25, -0.2) is 18.1 Å². The van der Waals surface area contributed by atoms with Gasteiger partial charge in [0.25, 0.3) is 0 Å². The van der Waals surface area contributed by atoms with Crippen molar-refractivity contribution in [3.63, 3.8) is 0 Å². The molecule has 0 unspecified atom stereocenters. The average molecular weight is 368 g/mol. The molecule has 0 saturated carbocycles. The Balaban J connectivity index is 2.20. The van der Waals surface area contributed by atoms with Crippen LogP contribution in [0.2, 0.25) is 5.15 Å². The van der Waals surface area contributed by atoms with Crippen molar-refractivity contribution < 1.29 is 12.9 Å². The Hall–Kier alpha value is -1.03. The Bertz CT molecular complexity index is 703. The van der Waals surface area contributed by atoms with Crippen molar-refractivity contribution in [2.75, 3.05) is 0 Å². The average Bonchev–Trinajstić information content (AvgIpc) is 2.76. The summed E-state index contributed by atoms with van der Waals surface area (Å²) >= 11 is 8.90. The van der Waals surface area contributed by atoms with E-state index in [4.69, 9.17) is 16.1 Å². The molecule has 102 valence electrons. The highest BCUT2D eigenvalue weighted by Crippen LogP contribution is 2.22. The minimum Gasteiger partial charge on any atom is -0.338 e. The zero-order chi connectivity index (χ0) is 14.0. The van der Waals surface area contributed by atoms with Crippen molar-refractivity contribution in [1.29, 1.82) is 0 Å². The number of hydrogen-bond acceptors (Lipinski definition) is 6. The summed E-state index contributed by atoms with van der Waals surface area (Å²) in [5.41, 5.74) is 0. The van der Waals surface area contributed by atoms with Gasteiger partial charge in [-0.1, -0.05) is 16.8 Å². The Morgan fingerprint density at radius 1 is 1.53 bits per heavy atom. The van der Waals surface area contributed by atoms with Crippen molar-refractivity contribution in [2.45, 2.75) is 18.4 Å². The number of aromatic nitrogens is 3. The van der Waals surface area contributed by atoms with Gasteiger partial charge in [0.2, 0.25) is 15.9 Å². The number of pyridine rings is 1. The minimum atomic E-state index is -3.80. The number of nitrogens with one attached hydrogen (secondary N) is 1. The summed E-state index contributed by atoms with van der Waals surface area (Å²) in [5.74, 6) is 0.594. The molecule has 0 aliphatic rings. The molecule has 19 heavy (non-hydrogen) atoms. The molecule has 7 nitrogen and oxygen atoms in total. The third-order valence-electron chi connectivity index (χ3n) is 2.05. The van der Waals surface area contributed by atoms with E-state index in [9.17, 15) is 8.42 Å². The molecular weight excluding hydrogens is 360 g/mol. The predicted molar refractivity (Wildman–Crippen MR) is 70.0 cm³/mol. The molecule has 0 bridgehead atoms. The number of hydrogen-bond donors (Lipinski definition) is 1. The van der Waals surface area contributed by atoms with Gasteiger partial charge in [0.1, 0.15) is 10.0 Å². The fraction of sp³-hybridized carbons (Fsp3) is 0.222. The van der Waals surface area contributed by atoms with Crippen LogP contribution in [0.15, 0.2) is 26.2 Å². The van der Waals surface area contributed by atoms with E-state index in [1.165, 1.54) is 12.3 Å². The van der Waals surface area contributed by atoms with Crippen LogP contribution in [0, 0.1) is 6.92 Å². The molecule has 1 N–H and O–H groups in total. The van der Waals surface area contributed by atoms with Crippen molar-refractivity contribution >= 4 is 37.6 Å². The SMILES string of the molecule is Cc1noc(CNS(=O)(=O)c2cc(Br)cnc2Cl)n1. The monoisotopic (exact) mass is 366 g/mol. The topological polar surface area (TPSA) is 98.0 Å². The van der Waals surface area contributed by atoms with Crippen LogP contribution in [0.1, 0.15) is 11.7 Å². The maximum absolute atomic E-state index is 12.0. The Morgan fingerprint density at radius 3 is 2.89 bits per heavy atom. The Labute approximate surface area is 122 Å². The van der Waals surface area contributed by atoms with Crippen molar-refractivity contribution in [3.8, 4) is 0 Å². The maximum Gasteiger partial charge on any atom is 0.244 e. The lowest BCUT2D eigenvalue weighted by Crippen LogP contribution is -2.24. The Morgan fingerprint density at radius 2 is 2.26 bits per heavy atom. The Kier molecular flexibility index (Phi) is 4.19. The van der Waals surface area contributed by atoms with Crippen molar-refractivity contribution in [3.05, 3.63) is 33.6 Å². The maximum atomic E-state index is 12.0. The van der Waals surface area contributed by atoms with E-state index < -0.39 is 10.0 Å². The molecule has 0 amide bonds. The second-order valence-corrected chi connectivity index (χ2v) is 6.51. The van der Waals surface area contributed by atoms with Gasteiger partial charge in [-0.2, -0.15) is 4.98 Å². The zero-order valence-corrected chi connectivity index (χ0v) is 12.8. The highest BCUT2D eigenvalue weighted by molar-refractivity contribution is 9.10. The molecule has 2 aromatic rings. The van der Waals surface area contributed by atoms with Gasteiger partial charge >= 0.3 is 0 Å². The molecule has 2 heterocycles. The van der Waals surface area contributed by atoms with E-state index in [0.29, 0.717) is 10.3 Å². The molecule has 0 aromatic carbocycles. The summed E-state index contributed by atoms with van der Waals surface area (Å²) in [5, 5.41) is 3.44. The van der Waals surface area contributed by atoms with Crippen LogP contribution < -0.4 is 4.72 Å². The summed E-state index contributed by atoms with van der Waals surface area (Å²) in [7, 11) is -3.80. The number of halogens is 2. The van der Waals surface area contributed by atoms with Crippen LogP contribution in [0.5, 0.6) is 0 Å². The van der Waals surface area contributed by atoms with Crippen LogP contribution in [-0.2, 0) is 16.6 Å².